The Labute approximate surface area is 307 Å². The van der Waals surface area contributed by atoms with Gasteiger partial charge in [0.2, 0.25) is 0 Å². The number of aliphatic carboxylic acids is 2. The van der Waals surface area contributed by atoms with E-state index in [2.05, 4.69) is 55.4 Å². The highest BCUT2D eigenvalue weighted by Crippen LogP contribution is 2.18. The second kappa shape index (κ2) is 41.2. The van der Waals surface area contributed by atoms with Crippen LogP contribution in [-0.2, 0) is 9.59 Å². The van der Waals surface area contributed by atoms with Gasteiger partial charge in [-0.25, -0.2) is 0 Å². The normalized spacial score (nSPS) is 11.2. The van der Waals surface area contributed by atoms with E-state index in [1.165, 1.54) is 164 Å². The quantitative estimate of drug-likeness (QED) is 0.0541. The molecule has 0 saturated carbocycles. The summed E-state index contributed by atoms with van der Waals surface area (Å²) in [7, 11) is 0. The minimum Gasteiger partial charge on any atom is -0.870 e. The number of carboxylic acids is 2. The van der Waals surface area contributed by atoms with Gasteiger partial charge in [0.1, 0.15) is 0 Å². The van der Waals surface area contributed by atoms with Gasteiger partial charge in [0.25, 0.3) is 0 Å². The van der Waals surface area contributed by atoms with E-state index in [-0.39, 0.29) is 18.3 Å². The number of carbonyl (C=O) groups is 2. The van der Waals surface area contributed by atoms with Crippen LogP contribution in [0.4, 0.5) is 0 Å². The molecule has 0 heterocycles. The Morgan fingerprint density at radius 2 is 0.592 bits per heavy atom. The Kier molecular flexibility index (Phi) is 45.9. The van der Waals surface area contributed by atoms with Gasteiger partial charge in [-0.3, -0.25) is 4.79 Å². The topological polar surface area (TPSA) is 107 Å². The van der Waals surface area contributed by atoms with Crippen molar-refractivity contribution in [3.05, 3.63) is 0 Å². The highest BCUT2D eigenvalue weighted by Gasteiger charge is 2.25. The number of carboxylic acid groups (broad SMARTS) is 2. The van der Waals surface area contributed by atoms with Gasteiger partial charge in [-0.1, -0.05) is 132 Å². The summed E-state index contributed by atoms with van der Waals surface area (Å²) < 4.78 is 2.84. The van der Waals surface area contributed by atoms with Crippen molar-refractivity contribution in [2.24, 2.45) is 0 Å². The molecule has 0 aliphatic rings. The molecule has 0 saturated heterocycles. The van der Waals surface area contributed by atoms with Crippen molar-refractivity contribution in [2.75, 3.05) is 52.4 Å². The molecule has 0 radical (unpaired) electrons. The second-order valence-electron chi connectivity index (χ2n) is 14.7. The minimum absolute atomic E-state index is 0. The molecular weight excluding hydrogens is 612 g/mol. The monoisotopic (exact) mass is 703 g/mol. The van der Waals surface area contributed by atoms with Gasteiger partial charge in [0, 0.05) is 12.4 Å². The Hall–Kier alpha value is -1.18. The molecule has 7 nitrogen and oxygen atoms in total. The van der Waals surface area contributed by atoms with E-state index in [9.17, 15) is 14.7 Å². The van der Waals surface area contributed by atoms with E-state index in [0.717, 1.165) is 32.1 Å². The molecule has 0 atom stereocenters. The van der Waals surface area contributed by atoms with Gasteiger partial charge in [-0.05, 0) is 70.6 Å². The molecular formula is C42H90N2O5. The maximum absolute atomic E-state index is 10.1. The van der Waals surface area contributed by atoms with E-state index >= 15 is 0 Å². The number of carbonyl (C=O) groups excluding carboxylic acids is 1. The van der Waals surface area contributed by atoms with Crippen LogP contribution in [0.3, 0.4) is 0 Å². The van der Waals surface area contributed by atoms with Crippen molar-refractivity contribution in [1.29, 1.82) is 0 Å². The molecule has 7 heteroatoms. The van der Waals surface area contributed by atoms with Crippen LogP contribution in [0, 0.1) is 0 Å². The predicted octanol–water partition coefficient (Wildman–Crippen LogP) is 10.8. The first-order valence-corrected chi connectivity index (χ1v) is 21.2. The van der Waals surface area contributed by atoms with Crippen LogP contribution in [0.1, 0.15) is 209 Å². The zero-order valence-corrected chi connectivity index (χ0v) is 34.6. The third-order valence-corrected chi connectivity index (χ3v) is 9.91. The van der Waals surface area contributed by atoms with Crippen molar-refractivity contribution >= 4 is 11.9 Å². The van der Waals surface area contributed by atoms with E-state index in [1.807, 2.05) is 0 Å². The third-order valence-electron chi connectivity index (χ3n) is 9.91. The number of nitrogens with zero attached hydrogens (tertiary/aromatic N) is 2. The van der Waals surface area contributed by atoms with Crippen molar-refractivity contribution < 1.29 is 34.2 Å². The van der Waals surface area contributed by atoms with Crippen LogP contribution in [0.25, 0.3) is 0 Å². The highest BCUT2D eigenvalue weighted by molar-refractivity contribution is 5.66. The molecule has 0 aromatic carbocycles. The molecule has 2 N–H and O–H groups in total. The van der Waals surface area contributed by atoms with Crippen molar-refractivity contribution in [2.45, 2.75) is 209 Å². The fourth-order valence-corrected chi connectivity index (χ4v) is 6.54. The molecule has 298 valence electrons. The van der Waals surface area contributed by atoms with Crippen LogP contribution < -0.4 is 5.11 Å². The molecule has 0 rings (SSSR count). The third kappa shape index (κ3) is 37.9. The number of hydrogen-bond acceptors (Lipinski definition) is 4. The van der Waals surface area contributed by atoms with Gasteiger partial charge < -0.3 is 29.4 Å². The second-order valence-corrected chi connectivity index (χ2v) is 14.7. The van der Waals surface area contributed by atoms with E-state index < -0.39 is 11.9 Å². The summed E-state index contributed by atoms with van der Waals surface area (Å²) in [6.07, 6.45) is 27.6. The summed E-state index contributed by atoms with van der Waals surface area (Å²) in [5, 5.41) is 18.4. The molecule has 0 fully saturated rings. The summed E-state index contributed by atoms with van der Waals surface area (Å²) >= 11 is 0. The number of hydrogen-bond donors (Lipinski definition) is 1. The lowest BCUT2D eigenvalue weighted by atomic mass is 10.1. The molecule has 0 unspecified atom stereocenters. The molecule has 49 heavy (non-hydrogen) atoms. The van der Waals surface area contributed by atoms with Gasteiger partial charge in [-0.2, -0.15) is 0 Å². The molecule has 0 aliphatic heterocycles. The molecule has 0 aliphatic carbocycles. The van der Waals surface area contributed by atoms with E-state index in [1.54, 1.807) is 0 Å². The SMILES string of the molecule is CCCC[N+](CCCC)(CCCC)CCCC.CCCC[N+](CCCC)(CCCC)CCCC.O=C([O-])CCCCCCCCC(=O)O.[OH-]. The lowest BCUT2D eigenvalue weighted by Crippen LogP contribution is -2.50. The van der Waals surface area contributed by atoms with E-state index in [0.29, 0.717) is 6.42 Å². The average Bonchev–Trinajstić information content (AvgIpc) is 3.08. The van der Waals surface area contributed by atoms with Crippen molar-refractivity contribution in [3.8, 4) is 0 Å². The van der Waals surface area contributed by atoms with Crippen LogP contribution in [0.5, 0.6) is 0 Å². The van der Waals surface area contributed by atoms with Gasteiger partial charge in [0.05, 0.1) is 52.4 Å². The molecule has 0 aromatic heterocycles. The summed E-state index contributed by atoms with van der Waals surface area (Å²) in [6.45, 7) is 30.0. The van der Waals surface area contributed by atoms with E-state index in [4.69, 9.17) is 5.11 Å². The Morgan fingerprint density at radius 1 is 0.388 bits per heavy atom. The van der Waals surface area contributed by atoms with Crippen LogP contribution >= 0.6 is 0 Å². The zero-order valence-electron chi connectivity index (χ0n) is 34.6. The smallest absolute Gasteiger partial charge is 0.303 e. The first-order chi connectivity index (χ1) is 23.1. The molecule has 0 bridgehead atoms. The maximum Gasteiger partial charge on any atom is 0.303 e. The molecule has 0 aromatic rings. The Bertz CT molecular complexity index is 542. The minimum atomic E-state index is -0.990. The fourth-order valence-electron chi connectivity index (χ4n) is 6.54. The summed E-state index contributed by atoms with van der Waals surface area (Å²) in [6, 6.07) is 0. The van der Waals surface area contributed by atoms with Crippen molar-refractivity contribution in [1.82, 2.24) is 0 Å². The summed E-state index contributed by atoms with van der Waals surface area (Å²) in [4.78, 5) is 20.2. The van der Waals surface area contributed by atoms with Crippen molar-refractivity contribution in [3.63, 3.8) is 0 Å². The van der Waals surface area contributed by atoms with Crippen LogP contribution in [0.2, 0.25) is 0 Å². The standard InChI is InChI=1S/2C16H36N.C10H18O4.H2O/c2*1-5-9-13-17(14-10-6-2,15-11-7-3)16-12-8-4;11-9(12)7-5-3-1-2-4-6-8-10(13)14;/h2*5-16H2,1-4H3;1-8H2,(H,11,12)(H,13,14);1H2/q2*+1;;/p-2. The van der Waals surface area contributed by atoms with Crippen LogP contribution in [-0.4, -0.2) is 83.8 Å². The lowest BCUT2D eigenvalue weighted by Gasteiger charge is -2.39. The predicted molar refractivity (Wildman–Crippen MR) is 210 cm³/mol. The van der Waals surface area contributed by atoms with Crippen LogP contribution in [0.15, 0.2) is 0 Å². The largest absolute Gasteiger partial charge is 0.870 e. The Balaban J connectivity index is -0.000000309. The van der Waals surface area contributed by atoms with Gasteiger partial charge >= 0.3 is 5.97 Å². The first-order valence-electron chi connectivity index (χ1n) is 21.2. The summed E-state index contributed by atoms with van der Waals surface area (Å²) in [5.74, 6) is -1.74. The lowest BCUT2D eigenvalue weighted by molar-refractivity contribution is -0.929. The fraction of sp³-hybridized carbons (Fsp3) is 0.952. The van der Waals surface area contributed by atoms with Gasteiger partial charge in [0.15, 0.2) is 0 Å². The zero-order chi connectivity index (χ0) is 36.8. The highest BCUT2D eigenvalue weighted by atomic mass is 16.4. The van der Waals surface area contributed by atoms with Gasteiger partial charge in [-0.15, -0.1) is 0 Å². The number of rotatable bonds is 33. The summed E-state index contributed by atoms with van der Waals surface area (Å²) in [5.41, 5.74) is 0. The molecule has 0 spiro atoms. The maximum atomic E-state index is 10.1. The number of unbranched alkanes of at least 4 members (excludes halogenated alkanes) is 13. The molecule has 0 amide bonds. The Morgan fingerprint density at radius 3 is 0.776 bits per heavy atom. The first kappa shape index (κ1) is 54.6. The average molecular weight is 703 g/mol. The number of quaternary nitrogens is 2.